The Bertz CT molecular complexity index is 1800. The molecule has 0 saturated carbocycles. The van der Waals surface area contributed by atoms with Gasteiger partial charge in [-0.15, -0.1) is 0 Å². The molecule has 1 atom stereocenters. The Kier molecular flexibility index (Phi) is 7.69. The van der Waals surface area contributed by atoms with Gasteiger partial charge in [0.05, 0.1) is 21.8 Å². The minimum atomic E-state index is -3.82. The third kappa shape index (κ3) is 5.08. The van der Waals surface area contributed by atoms with E-state index in [2.05, 4.69) is 0 Å². The zero-order valence-electron chi connectivity index (χ0n) is 21.3. The van der Waals surface area contributed by atoms with Crippen LogP contribution in [0.4, 0.5) is 0 Å². The van der Waals surface area contributed by atoms with Crippen molar-refractivity contribution in [3.63, 3.8) is 0 Å². The first-order valence-corrected chi connectivity index (χ1v) is 13.0. The zero-order chi connectivity index (χ0) is 26.5. The number of benzene rings is 3. The topological polar surface area (TPSA) is 136 Å². The first-order chi connectivity index (χ1) is 17.5. The van der Waals surface area contributed by atoms with Crippen LogP contribution in [-0.4, -0.2) is 19.4 Å². The van der Waals surface area contributed by atoms with Crippen LogP contribution in [0.15, 0.2) is 76.0 Å². The van der Waals surface area contributed by atoms with Gasteiger partial charge in [0.15, 0.2) is 5.76 Å². The van der Waals surface area contributed by atoms with E-state index in [1.54, 1.807) is 31.2 Å². The van der Waals surface area contributed by atoms with Gasteiger partial charge in [0, 0.05) is 16.5 Å². The second kappa shape index (κ2) is 10.5. The van der Waals surface area contributed by atoms with Gasteiger partial charge >= 0.3 is 29.6 Å². The van der Waals surface area contributed by atoms with Crippen LogP contribution in [0.5, 0.6) is 5.75 Å². The molecule has 188 valence electrons. The standard InChI is InChI=1S/C28H24N2O6S.Na/c1-15-8-13-24(35-17(3)18-9-11-19(12-10-18)37(29,33)34)25-21(28(31)32)14-22(30-26(15)25)27-16(2)20-6-4-5-7-23(20)36-27;/h4-14,17H,1-3H3,(H,31,32)(H2,29,33,34);/q;+1/p-1. The molecular formula is C28H23N2NaO6S. The van der Waals surface area contributed by atoms with Crippen molar-refractivity contribution in [3.05, 3.63) is 89.0 Å². The summed E-state index contributed by atoms with van der Waals surface area (Å²) >= 11 is 0. The van der Waals surface area contributed by atoms with Crippen LogP contribution < -0.4 is 44.5 Å². The van der Waals surface area contributed by atoms with Crippen LogP contribution in [0.25, 0.3) is 33.3 Å². The zero-order valence-corrected chi connectivity index (χ0v) is 24.1. The fourth-order valence-electron chi connectivity index (χ4n) is 4.42. The van der Waals surface area contributed by atoms with Gasteiger partial charge < -0.3 is 19.1 Å². The number of sulfonamides is 1. The number of aromatic nitrogens is 1. The van der Waals surface area contributed by atoms with E-state index in [-0.39, 0.29) is 40.0 Å². The number of furan rings is 1. The first kappa shape index (κ1) is 27.8. The third-order valence-corrected chi connectivity index (χ3v) is 7.33. The number of ether oxygens (including phenoxy) is 1. The Hall–Kier alpha value is -3.21. The van der Waals surface area contributed by atoms with Crippen LogP contribution >= 0.6 is 0 Å². The molecule has 10 heteroatoms. The summed E-state index contributed by atoms with van der Waals surface area (Å²) in [7, 11) is -3.82. The summed E-state index contributed by atoms with van der Waals surface area (Å²) < 4.78 is 35.3. The number of carbonyl (C=O) groups is 1. The maximum Gasteiger partial charge on any atom is 1.00 e. The molecule has 0 spiro atoms. The Balaban J connectivity index is 0.00000336. The molecular weight excluding hydrogens is 515 g/mol. The smallest absolute Gasteiger partial charge is 0.545 e. The Morgan fingerprint density at radius 2 is 1.74 bits per heavy atom. The van der Waals surface area contributed by atoms with Crippen LogP contribution in [-0.2, 0) is 10.0 Å². The largest absolute Gasteiger partial charge is 1.00 e. The quantitative estimate of drug-likeness (QED) is 0.323. The molecule has 2 heterocycles. The minimum absolute atomic E-state index is 0. The van der Waals surface area contributed by atoms with Gasteiger partial charge in [-0.25, -0.2) is 18.5 Å². The first-order valence-electron chi connectivity index (χ1n) is 11.5. The molecule has 0 fully saturated rings. The molecule has 1 unspecified atom stereocenters. The number of fused-ring (bicyclic) bond motifs is 2. The van der Waals surface area contributed by atoms with Gasteiger partial charge in [0.2, 0.25) is 10.0 Å². The van der Waals surface area contributed by atoms with E-state index in [0.717, 1.165) is 16.5 Å². The average molecular weight is 539 g/mol. The van der Waals surface area contributed by atoms with Crippen LogP contribution in [0.1, 0.15) is 40.1 Å². The number of primary sulfonamides is 1. The van der Waals surface area contributed by atoms with Gasteiger partial charge in [-0.3, -0.25) is 0 Å². The van der Waals surface area contributed by atoms with Gasteiger partial charge in [-0.05, 0) is 62.2 Å². The molecule has 2 N–H and O–H groups in total. The number of pyridine rings is 1. The van der Waals surface area contributed by atoms with Gasteiger partial charge in [-0.1, -0.05) is 36.4 Å². The molecule has 5 aromatic rings. The average Bonchev–Trinajstić information content (AvgIpc) is 3.21. The maximum absolute atomic E-state index is 12.3. The molecule has 0 saturated heterocycles. The van der Waals surface area contributed by atoms with Crippen molar-refractivity contribution in [1.82, 2.24) is 4.98 Å². The van der Waals surface area contributed by atoms with E-state index in [0.29, 0.717) is 39.3 Å². The number of nitrogens with zero attached hydrogens (tertiary/aromatic N) is 1. The van der Waals surface area contributed by atoms with E-state index in [1.807, 2.05) is 38.1 Å². The number of aromatic carboxylic acids is 1. The van der Waals surface area contributed by atoms with Crippen LogP contribution in [0.3, 0.4) is 0 Å². The van der Waals surface area contributed by atoms with Gasteiger partial charge in [0.1, 0.15) is 23.1 Å². The predicted octanol–water partition coefficient (Wildman–Crippen LogP) is 1.42. The second-order valence-electron chi connectivity index (χ2n) is 8.87. The third-order valence-electron chi connectivity index (χ3n) is 6.40. The Morgan fingerprint density at radius 3 is 2.37 bits per heavy atom. The van der Waals surface area contributed by atoms with E-state index in [4.69, 9.17) is 19.3 Å². The maximum atomic E-state index is 12.3. The number of aryl methyl sites for hydroxylation is 2. The van der Waals surface area contributed by atoms with Crippen molar-refractivity contribution < 1.29 is 57.0 Å². The van der Waals surface area contributed by atoms with Crippen molar-refractivity contribution in [1.29, 1.82) is 0 Å². The SMILES string of the molecule is Cc1c(-c2cc(C(=O)[O-])c3c(OC(C)c4ccc(S(N)(=O)=O)cc4)ccc(C)c3n2)oc2ccccc12.[Na+]. The molecule has 3 aromatic carbocycles. The normalized spacial score (nSPS) is 12.3. The predicted molar refractivity (Wildman–Crippen MR) is 138 cm³/mol. The van der Waals surface area contributed by atoms with Crippen molar-refractivity contribution in [2.45, 2.75) is 31.8 Å². The summed E-state index contributed by atoms with van der Waals surface area (Å²) in [6.07, 6.45) is -0.535. The molecule has 0 bridgehead atoms. The molecule has 0 radical (unpaired) electrons. The molecule has 0 amide bonds. The monoisotopic (exact) mass is 538 g/mol. The number of carbonyl (C=O) groups excluding carboxylic acids is 1. The van der Waals surface area contributed by atoms with Gasteiger partial charge in [0.25, 0.3) is 0 Å². The van der Waals surface area contributed by atoms with E-state index in [1.165, 1.54) is 18.2 Å². The number of hydrogen-bond donors (Lipinski definition) is 1. The van der Waals surface area contributed by atoms with E-state index in [9.17, 15) is 18.3 Å². The Labute approximate surface area is 241 Å². The number of nitrogens with two attached hydrogens (primary N) is 1. The molecule has 8 nitrogen and oxygen atoms in total. The molecule has 5 rings (SSSR count). The van der Waals surface area contributed by atoms with Crippen molar-refractivity contribution in [2.75, 3.05) is 0 Å². The van der Waals surface area contributed by atoms with E-state index < -0.39 is 22.1 Å². The minimum Gasteiger partial charge on any atom is -0.545 e. The molecule has 0 aliphatic carbocycles. The number of carboxylic acid groups (broad SMARTS) is 1. The Morgan fingerprint density at radius 1 is 1.05 bits per heavy atom. The number of rotatable bonds is 6. The molecule has 0 aliphatic heterocycles. The number of carboxylic acids is 1. The summed E-state index contributed by atoms with van der Waals surface area (Å²) in [6.45, 7) is 5.51. The second-order valence-corrected chi connectivity index (χ2v) is 10.4. The molecule has 38 heavy (non-hydrogen) atoms. The number of para-hydroxylation sites is 1. The van der Waals surface area contributed by atoms with Crippen molar-refractivity contribution >= 4 is 37.9 Å². The summed E-state index contributed by atoms with van der Waals surface area (Å²) in [6, 6.07) is 18.5. The fraction of sp³-hybridized carbons (Fsp3) is 0.143. The molecule has 2 aromatic heterocycles. The summed E-state index contributed by atoms with van der Waals surface area (Å²) in [5.74, 6) is -0.578. The number of hydrogen-bond acceptors (Lipinski definition) is 7. The van der Waals surface area contributed by atoms with Crippen LogP contribution in [0, 0.1) is 13.8 Å². The summed E-state index contributed by atoms with van der Waals surface area (Å²) in [5, 5.41) is 18.7. The fourth-order valence-corrected chi connectivity index (χ4v) is 4.94. The van der Waals surface area contributed by atoms with Crippen molar-refractivity contribution in [3.8, 4) is 17.2 Å². The van der Waals surface area contributed by atoms with Crippen LogP contribution in [0.2, 0.25) is 0 Å². The molecule has 0 aliphatic rings. The summed E-state index contributed by atoms with van der Waals surface area (Å²) in [4.78, 5) is 17.1. The van der Waals surface area contributed by atoms with E-state index >= 15 is 0 Å². The van der Waals surface area contributed by atoms with Crippen molar-refractivity contribution in [2.24, 2.45) is 5.14 Å². The van der Waals surface area contributed by atoms with Gasteiger partial charge in [-0.2, -0.15) is 0 Å². The summed E-state index contributed by atoms with van der Waals surface area (Å²) in [5.41, 5.74) is 3.73.